The molecule has 3 fully saturated rings. The molecule has 220 valence electrons. The van der Waals surface area contributed by atoms with Gasteiger partial charge in [-0.15, -0.1) is 13.2 Å². The van der Waals surface area contributed by atoms with Crippen LogP contribution in [0.4, 0.5) is 0 Å². The van der Waals surface area contributed by atoms with Crippen LogP contribution < -0.4 is 0 Å². The Balaban J connectivity index is 2.23. The SMILES string of the molecule is C=CCN(CCC)C(=O)[C@H]1[C@H]2C(=O)N([C@@H](CO)[C@@H](C)CC)C(C(=O)N(CC=C)C(C)(C)C)C23CC[C@]1(CC)O3. The fourth-order valence-electron chi connectivity index (χ4n) is 7.37. The van der Waals surface area contributed by atoms with Gasteiger partial charge in [0.25, 0.3) is 0 Å². The van der Waals surface area contributed by atoms with Gasteiger partial charge in [-0.2, -0.15) is 0 Å². The molecule has 3 amide bonds. The van der Waals surface area contributed by atoms with Crippen LogP contribution >= 0.6 is 0 Å². The van der Waals surface area contributed by atoms with Gasteiger partial charge < -0.3 is 24.5 Å². The van der Waals surface area contributed by atoms with Crippen molar-refractivity contribution >= 4 is 17.7 Å². The minimum absolute atomic E-state index is 0.0455. The van der Waals surface area contributed by atoms with Crippen molar-refractivity contribution in [3.8, 4) is 0 Å². The number of hydrogen-bond acceptors (Lipinski definition) is 5. The zero-order chi connectivity index (χ0) is 29.3. The topological polar surface area (TPSA) is 90.4 Å². The Labute approximate surface area is 235 Å². The van der Waals surface area contributed by atoms with Gasteiger partial charge in [0.2, 0.25) is 17.7 Å². The van der Waals surface area contributed by atoms with E-state index in [9.17, 15) is 19.5 Å². The standard InChI is InChI=1S/C31H51N3O5/c1-10-17-32(18-11-2)26(36)23-24-27(37)34(22(20-35)21(6)13-4)25(28(38)33(19-12-3)29(7,8)9)31(24)16-15-30(23,14-5)39-31/h10,12,21-25,35H,1,3,11,13-20H2,2,4-9H3/t21-,22-,23+,24-,25?,30-,31?/m0/s1. The van der Waals surface area contributed by atoms with E-state index in [0.29, 0.717) is 38.9 Å². The molecule has 1 spiro atoms. The van der Waals surface area contributed by atoms with Gasteiger partial charge >= 0.3 is 0 Å². The quantitative estimate of drug-likeness (QED) is 0.356. The van der Waals surface area contributed by atoms with Gasteiger partial charge in [-0.25, -0.2) is 0 Å². The Hall–Kier alpha value is -2.19. The molecule has 3 aliphatic rings. The number of likely N-dealkylation sites (tertiary alicyclic amines) is 1. The summed E-state index contributed by atoms with van der Waals surface area (Å²) in [6.45, 7) is 22.7. The number of carbonyl (C=O) groups excluding carboxylic acids is 3. The van der Waals surface area contributed by atoms with E-state index in [0.717, 1.165) is 12.8 Å². The molecule has 0 aromatic rings. The van der Waals surface area contributed by atoms with Crippen LogP contribution in [-0.4, -0.2) is 92.6 Å². The van der Waals surface area contributed by atoms with Gasteiger partial charge in [0.1, 0.15) is 11.6 Å². The van der Waals surface area contributed by atoms with Crippen molar-refractivity contribution < 1.29 is 24.2 Å². The lowest BCUT2D eigenvalue weighted by molar-refractivity contribution is -0.161. The van der Waals surface area contributed by atoms with Crippen LogP contribution in [0.5, 0.6) is 0 Å². The van der Waals surface area contributed by atoms with Crippen LogP contribution in [0.2, 0.25) is 0 Å². The van der Waals surface area contributed by atoms with E-state index in [1.165, 1.54) is 0 Å². The van der Waals surface area contributed by atoms with E-state index >= 15 is 0 Å². The fraction of sp³-hybridized carbons (Fsp3) is 0.774. The number of aliphatic hydroxyl groups excluding tert-OH is 1. The van der Waals surface area contributed by atoms with Gasteiger partial charge in [-0.05, 0) is 52.4 Å². The summed E-state index contributed by atoms with van der Waals surface area (Å²) in [6, 6.07) is -1.48. The predicted octanol–water partition coefficient (Wildman–Crippen LogP) is 3.79. The number of nitrogens with zero attached hydrogens (tertiary/aromatic N) is 3. The summed E-state index contributed by atoms with van der Waals surface area (Å²) in [5, 5.41) is 10.6. The lowest BCUT2D eigenvalue weighted by Gasteiger charge is -2.44. The number of hydrogen-bond donors (Lipinski definition) is 1. The Bertz CT molecular complexity index is 960. The molecule has 2 unspecified atom stereocenters. The van der Waals surface area contributed by atoms with E-state index in [2.05, 4.69) is 13.2 Å². The second-order valence-electron chi connectivity index (χ2n) is 12.7. The summed E-state index contributed by atoms with van der Waals surface area (Å²) in [7, 11) is 0. The number of amides is 3. The molecule has 0 aliphatic carbocycles. The fourth-order valence-corrected chi connectivity index (χ4v) is 7.37. The normalized spacial score (nSPS) is 31.1. The Morgan fingerprint density at radius 1 is 1.15 bits per heavy atom. The highest BCUT2D eigenvalue weighted by Gasteiger charge is 2.79. The van der Waals surface area contributed by atoms with E-state index in [1.54, 1.807) is 26.9 Å². The van der Waals surface area contributed by atoms with Crippen LogP contribution in [0.25, 0.3) is 0 Å². The smallest absolute Gasteiger partial charge is 0.249 e. The van der Waals surface area contributed by atoms with Crippen LogP contribution in [-0.2, 0) is 19.1 Å². The molecule has 0 saturated carbocycles. The van der Waals surface area contributed by atoms with Crippen molar-refractivity contribution in [3.05, 3.63) is 25.3 Å². The first-order valence-electron chi connectivity index (χ1n) is 14.8. The summed E-state index contributed by atoms with van der Waals surface area (Å²) >= 11 is 0. The van der Waals surface area contributed by atoms with Crippen LogP contribution in [0, 0.1) is 17.8 Å². The predicted molar refractivity (Wildman–Crippen MR) is 153 cm³/mol. The minimum Gasteiger partial charge on any atom is -0.394 e. The molecule has 39 heavy (non-hydrogen) atoms. The first-order valence-corrected chi connectivity index (χ1v) is 14.8. The van der Waals surface area contributed by atoms with Gasteiger partial charge in [0, 0.05) is 25.2 Å². The van der Waals surface area contributed by atoms with Crippen molar-refractivity contribution in [1.29, 1.82) is 0 Å². The molecule has 7 atom stereocenters. The molecule has 2 bridgehead atoms. The van der Waals surface area contributed by atoms with E-state index in [1.807, 2.05) is 48.5 Å². The van der Waals surface area contributed by atoms with Gasteiger partial charge in [0.15, 0.2) is 0 Å². The van der Waals surface area contributed by atoms with Gasteiger partial charge in [0.05, 0.1) is 30.1 Å². The van der Waals surface area contributed by atoms with Crippen molar-refractivity contribution in [2.45, 2.75) is 109 Å². The number of ether oxygens (including phenoxy) is 1. The first kappa shape index (κ1) is 31.3. The highest BCUT2D eigenvalue weighted by molar-refractivity contribution is 5.99. The maximum Gasteiger partial charge on any atom is 0.249 e. The molecule has 8 nitrogen and oxygen atoms in total. The number of fused-ring (bicyclic) bond motifs is 1. The summed E-state index contributed by atoms with van der Waals surface area (Å²) in [6.07, 6.45) is 6.64. The average Bonchev–Trinajstić information content (AvgIpc) is 3.50. The molecule has 0 radical (unpaired) electrons. The number of carbonyl (C=O) groups is 3. The van der Waals surface area contributed by atoms with E-state index in [-0.39, 0.29) is 30.2 Å². The highest BCUT2D eigenvalue weighted by Crippen LogP contribution is 2.65. The van der Waals surface area contributed by atoms with Gasteiger partial charge in [-0.1, -0.05) is 46.3 Å². The third kappa shape index (κ3) is 4.96. The first-order chi connectivity index (χ1) is 18.3. The van der Waals surface area contributed by atoms with Crippen molar-refractivity contribution in [3.63, 3.8) is 0 Å². The maximum atomic E-state index is 14.6. The molecule has 3 aliphatic heterocycles. The van der Waals surface area contributed by atoms with Crippen molar-refractivity contribution in [1.82, 2.24) is 14.7 Å². The van der Waals surface area contributed by atoms with E-state index < -0.39 is 40.7 Å². The Morgan fingerprint density at radius 2 is 1.79 bits per heavy atom. The zero-order valence-electron chi connectivity index (χ0n) is 25.2. The highest BCUT2D eigenvalue weighted by atomic mass is 16.5. The Kier molecular flexibility index (Phi) is 9.43. The molecule has 0 aromatic carbocycles. The molecule has 3 saturated heterocycles. The zero-order valence-corrected chi connectivity index (χ0v) is 25.2. The number of aliphatic hydroxyl groups is 1. The van der Waals surface area contributed by atoms with Crippen LogP contribution in [0.3, 0.4) is 0 Å². The monoisotopic (exact) mass is 545 g/mol. The summed E-state index contributed by atoms with van der Waals surface area (Å²) in [5.41, 5.74) is -2.46. The van der Waals surface area contributed by atoms with Crippen molar-refractivity contribution in [2.75, 3.05) is 26.2 Å². The van der Waals surface area contributed by atoms with Crippen LogP contribution in [0.1, 0.15) is 80.6 Å². The third-order valence-corrected chi connectivity index (χ3v) is 9.51. The molecule has 0 aromatic heterocycles. The summed E-state index contributed by atoms with van der Waals surface area (Å²) in [5.74, 6) is -2.07. The molecule has 8 heteroatoms. The molecular formula is C31H51N3O5. The minimum atomic E-state index is -1.12. The molecular weight excluding hydrogens is 494 g/mol. The lowest BCUT2D eigenvalue weighted by atomic mass is 9.64. The van der Waals surface area contributed by atoms with Crippen molar-refractivity contribution in [2.24, 2.45) is 17.8 Å². The average molecular weight is 546 g/mol. The van der Waals surface area contributed by atoms with Gasteiger partial charge in [-0.3, -0.25) is 14.4 Å². The maximum absolute atomic E-state index is 14.6. The largest absolute Gasteiger partial charge is 0.394 e. The second kappa shape index (κ2) is 11.7. The summed E-state index contributed by atoms with van der Waals surface area (Å²) in [4.78, 5) is 48.6. The lowest BCUT2D eigenvalue weighted by Crippen LogP contribution is -2.62. The van der Waals surface area contributed by atoms with E-state index in [4.69, 9.17) is 4.74 Å². The second-order valence-corrected chi connectivity index (χ2v) is 12.7. The van der Waals surface area contributed by atoms with Crippen LogP contribution in [0.15, 0.2) is 25.3 Å². The third-order valence-electron chi connectivity index (χ3n) is 9.51. The Morgan fingerprint density at radius 3 is 2.28 bits per heavy atom. The molecule has 3 heterocycles. The molecule has 3 rings (SSSR count). The summed E-state index contributed by atoms with van der Waals surface area (Å²) < 4.78 is 6.95. The molecule has 1 N–H and O–H groups in total. The number of rotatable bonds is 13.